The molecule has 0 unspecified atom stereocenters. The van der Waals surface area contributed by atoms with Crippen molar-refractivity contribution in [3.63, 3.8) is 0 Å². The van der Waals surface area contributed by atoms with Crippen LogP contribution in [0, 0.1) is 6.92 Å². The van der Waals surface area contributed by atoms with Gasteiger partial charge in [0.15, 0.2) is 0 Å². The summed E-state index contributed by atoms with van der Waals surface area (Å²) < 4.78 is 0. The highest BCUT2D eigenvalue weighted by molar-refractivity contribution is 5.87. The summed E-state index contributed by atoms with van der Waals surface area (Å²) in [6.45, 7) is 1.71. The zero-order valence-electron chi connectivity index (χ0n) is 8.15. The molecule has 0 saturated carbocycles. The zero-order chi connectivity index (χ0) is 10.8. The topological polar surface area (TPSA) is 68.8 Å². The molecule has 76 valence electrons. The first kappa shape index (κ1) is 9.45. The smallest absolute Gasteiger partial charge is 0.0956 e. The van der Waals surface area contributed by atoms with Gasteiger partial charge in [0, 0.05) is 11.1 Å². The van der Waals surface area contributed by atoms with Gasteiger partial charge in [0.05, 0.1) is 17.4 Å². The SMILES string of the molecule is Cc1c(-c2ccccc2)n[nH]c1C(=O)[O-]. The molecule has 0 spiro atoms. The third-order valence-electron chi connectivity index (χ3n) is 2.26. The van der Waals surface area contributed by atoms with Crippen molar-refractivity contribution in [1.82, 2.24) is 10.2 Å². The van der Waals surface area contributed by atoms with E-state index in [1.54, 1.807) is 6.92 Å². The van der Waals surface area contributed by atoms with E-state index in [0.717, 1.165) is 5.56 Å². The minimum atomic E-state index is -1.23. The number of hydrogen-bond acceptors (Lipinski definition) is 3. The Bertz CT molecular complexity index is 489. The van der Waals surface area contributed by atoms with Crippen LogP contribution < -0.4 is 5.11 Å². The Labute approximate surface area is 86.6 Å². The monoisotopic (exact) mass is 201 g/mol. The number of hydrogen-bond donors (Lipinski definition) is 1. The van der Waals surface area contributed by atoms with E-state index >= 15 is 0 Å². The third kappa shape index (κ3) is 1.61. The first-order valence-corrected chi connectivity index (χ1v) is 4.52. The number of nitrogens with one attached hydrogen (secondary N) is 1. The number of rotatable bonds is 2. The highest BCUT2D eigenvalue weighted by atomic mass is 16.4. The Morgan fingerprint density at radius 2 is 2.00 bits per heavy atom. The summed E-state index contributed by atoms with van der Waals surface area (Å²) in [5.41, 5.74) is 2.17. The minimum Gasteiger partial charge on any atom is -0.543 e. The summed E-state index contributed by atoms with van der Waals surface area (Å²) in [6, 6.07) is 9.40. The summed E-state index contributed by atoms with van der Waals surface area (Å²) >= 11 is 0. The number of nitrogens with zero attached hydrogens (tertiary/aromatic N) is 1. The Balaban J connectivity index is 2.52. The molecule has 1 aromatic carbocycles. The summed E-state index contributed by atoms with van der Waals surface area (Å²) in [4.78, 5) is 10.7. The van der Waals surface area contributed by atoms with Gasteiger partial charge in [-0.05, 0) is 6.92 Å². The lowest BCUT2D eigenvalue weighted by Crippen LogP contribution is -2.23. The average molecular weight is 201 g/mol. The van der Waals surface area contributed by atoms with E-state index in [2.05, 4.69) is 10.2 Å². The maximum Gasteiger partial charge on any atom is 0.0956 e. The van der Waals surface area contributed by atoms with Crippen molar-refractivity contribution in [3.8, 4) is 11.3 Å². The van der Waals surface area contributed by atoms with Crippen LogP contribution in [0.15, 0.2) is 30.3 Å². The molecule has 0 bridgehead atoms. The lowest BCUT2D eigenvalue weighted by molar-refractivity contribution is -0.255. The van der Waals surface area contributed by atoms with Gasteiger partial charge in [0.2, 0.25) is 0 Å². The molecule has 4 heteroatoms. The molecule has 0 atom stereocenters. The molecule has 0 amide bonds. The Morgan fingerprint density at radius 1 is 1.33 bits per heavy atom. The van der Waals surface area contributed by atoms with Gasteiger partial charge in [-0.25, -0.2) is 0 Å². The van der Waals surface area contributed by atoms with Crippen LogP contribution >= 0.6 is 0 Å². The van der Waals surface area contributed by atoms with E-state index in [9.17, 15) is 9.90 Å². The fourth-order valence-electron chi connectivity index (χ4n) is 1.47. The van der Waals surface area contributed by atoms with Gasteiger partial charge in [-0.2, -0.15) is 5.10 Å². The molecule has 0 fully saturated rings. The van der Waals surface area contributed by atoms with Crippen LogP contribution in [0.4, 0.5) is 0 Å². The summed E-state index contributed by atoms with van der Waals surface area (Å²) in [7, 11) is 0. The van der Waals surface area contributed by atoms with E-state index in [-0.39, 0.29) is 5.69 Å². The minimum absolute atomic E-state index is 0.0360. The number of H-pyrrole nitrogens is 1. The summed E-state index contributed by atoms with van der Waals surface area (Å²) in [6.07, 6.45) is 0. The molecule has 2 aromatic rings. The van der Waals surface area contributed by atoms with Gasteiger partial charge in [-0.15, -0.1) is 0 Å². The number of benzene rings is 1. The number of aromatic amines is 1. The van der Waals surface area contributed by atoms with E-state index in [1.165, 1.54) is 0 Å². The van der Waals surface area contributed by atoms with E-state index in [1.807, 2.05) is 30.3 Å². The van der Waals surface area contributed by atoms with Gasteiger partial charge < -0.3 is 9.90 Å². The molecule has 0 aliphatic carbocycles. The maximum absolute atomic E-state index is 10.7. The lowest BCUT2D eigenvalue weighted by atomic mass is 10.1. The second-order valence-corrected chi connectivity index (χ2v) is 3.23. The molecule has 0 aliphatic rings. The van der Waals surface area contributed by atoms with Crippen LogP contribution in [0.5, 0.6) is 0 Å². The average Bonchev–Trinajstić information content (AvgIpc) is 2.61. The van der Waals surface area contributed by atoms with Gasteiger partial charge in [0.1, 0.15) is 0 Å². The highest BCUT2D eigenvalue weighted by Crippen LogP contribution is 2.22. The van der Waals surface area contributed by atoms with Gasteiger partial charge >= 0.3 is 0 Å². The van der Waals surface area contributed by atoms with Gasteiger partial charge in [0.25, 0.3) is 0 Å². The second kappa shape index (κ2) is 3.57. The van der Waals surface area contributed by atoms with Crippen LogP contribution in [0.3, 0.4) is 0 Å². The van der Waals surface area contributed by atoms with Crippen molar-refractivity contribution in [2.24, 2.45) is 0 Å². The predicted octanol–water partition coefficient (Wildman–Crippen LogP) is 0.749. The largest absolute Gasteiger partial charge is 0.543 e. The van der Waals surface area contributed by atoms with Gasteiger partial charge in [-0.1, -0.05) is 30.3 Å². The molecule has 4 nitrogen and oxygen atoms in total. The van der Waals surface area contributed by atoms with Crippen molar-refractivity contribution in [2.45, 2.75) is 6.92 Å². The molecule has 2 rings (SSSR count). The van der Waals surface area contributed by atoms with E-state index in [0.29, 0.717) is 11.3 Å². The summed E-state index contributed by atoms with van der Waals surface area (Å²) in [5.74, 6) is -1.23. The Kier molecular flexibility index (Phi) is 2.25. The molecule has 0 radical (unpaired) electrons. The molecule has 1 aromatic heterocycles. The maximum atomic E-state index is 10.7. The molecule has 0 aliphatic heterocycles. The summed E-state index contributed by atoms with van der Waals surface area (Å²) in [5, 5.41) is 17.1. The van der Waals surface area contributed by atoms with Crippen molar-refractivity contribution in [3.05, 3.63) is 41.6 Å². The van der Waals surface area contributed by atoms with Crippen LogP contribution in [0.25, 0.3) is 11.3 Å². The van der Waals surface area contributed by atoms with Crippen LogP contribution in [0.1, 0.15) is 16.1 Å². The first-order chi connectivity index (χ1) is 7.20. The third-order valence-corrected chi connectivity index (χ3v) is 2.26. The molecule has 1 N–H and O–H groups in total. The zero-order valence-corrected chi connectivity index (χ0v) is 8.15. The van der Waals surface area contributed by atoms with Crippen molar-refractivity contribution < 1.29 is 9.90 Å². The van der Waals surface area contributed by atoms with E-state index < -0.39 is 5.97 Å². The second-order valence-electron chi connectivity index (χ2n) is 3.23. The first-order valence-electron chi connectivity index (χ1n) is 4.52. The van der Waals surface area contributed by atoms with Crippen molar-refractivity contribution in [2.75, 3.05) is 0 Å². The fraction of sp³-hybridized carbons (Fsp3) is 0.0909. The number of carboxylic acids is 1. The number of carbonyl (C=O) groups excluding carboxylic acids is 1. The molecule has 1 heterocycles. The van der Waals surface area contributed by atoms with Crippen molar-refractivity contribution >= 4 is 5.97 Å². The number of carboxylic acid groups (broad SMARTS) is 1. The van der Waals surface area contributed by atoms with Crippen LogP contribution in [-0.4, -0.2) is 16.2 Å². The van der Waals surface area contributed by atoms with Crippen molar-refractivity contribution in [1.29, 1.82) is 0 Å². The highest BCUT2D eigenvalue weighted by Gasteiger charge is 2.10. The fourth-order valence-corrected chi connectivity index (χ4v) is 1.47. The Morgan fingerprint density at radius 3 is 2.53 bits per heavy atom. The quantitative estimate of drug-likeness (QED) is 0.779. The van der Waals surface area contributed by atoms with Crippen LogP contribution in [0.2, 0.25) is 0 Å². The van der Waals surface area contributed by atoms with Crippen LogP contribution in [-0.2, 0) is 0 Å². The van der Waals surface area contributed by atoms with E-state index in [4.69, 9.17) is 0 Å². The normalized spacial score (nSPS) is 10.2. The molecular weight excluding hydrogens is 192 g/mol. The molecular formula is C11H9N2O2-. The lowest BCUT2D eigenvalue weighted by Gasteiger charge is -2.00. The van der Waals surface area contributed by atoms with Gasteiger partial charge in [-0.3, -0.25) is 5.10 Å². The predicted molar refractivity (Wildman–Crippen MR) is 53.1 cm³/mol. The molecule has 15 heavy (non-hydrogen) atoms. The number of carbonyl (C=O) groups is 1. The standard InChI is InChI=1S/C11H10N2O2/c1-7-9(8-5-3-2-4-6-8)12-13-10(7)11(14)15/h2-6H,1H3,(H,12,13)(H,14,15)/p-1. The number of aromatic carboxylic acids is 1. The number of aromatic nitrogens is 2. The molecule has 0 saturated heterocycles. The Hall–Kier alpha value is -2.10.